The van der Waals surface area contributed by atoms with Gasteiger partial charge in [0.15, 0.2) is 0 Å². The van der Waals surface area contributed by atoms with E-state index in [1.54, 1.807) is 30.3 Å². The van der Waals surface area contributed by atoms with Crippen LogP contribution in [0.3, 0.4) is 0 Å². The molecule has 2 aromatic rings. The molecule has 0 spiro atoms. The molecular formula is C13H9ClN2O. The second kappa shape index (κ2) is 4.77. The van der Waals surface area contributed by atoms with Crippen molar-refractivity contribution < 1.29 is 4.74 Å². The Hall–Kier alpha value is -2.18. The number of halogens is 1. The largest absolute Gasteiger partial charge is 0.454 e. The van der Waals surface area contributed by atoms with Gasteiger partial charge in [0, 0.05) is 0 Å². The van der Waals surface area contributed by atoms with Gasteiger partial charge in [-0.1, -0.05) is 23.7 Å². The summed E-state index contributed by atoms with van der Waals surface area (Å²) in [6.07, 6.45) is 0. The van der Waals surface area contributed by atoms with Gasteiger partial charge in [-0.3, -0.25) is 0 Å². The molecule has 0 aliphatic rings. The van der Waals surface area contributed by atoms with Crippen LogP contribution in [0, 0.1) is 11.3 Å². The zero-order valence-corrected chi connectivity index (χ0v) is 9.61. The van der Waals surface area contributed by atoms with Crippen molar-refractivity contribution >= 4 is 17.3 Å². The van der Waals surface area contributed by atoms with E-state index in [1.165, 1.54) is 0 Å². The molecule has 0 radical (unpaired) electrons. The minimum atomic E-state index is 0.406. The lowest BCUT2D eigenvalue weighted by Crippen LogP contribution is -1.93. The Morgan fingerprint density at radius 3 is 2.53 bits per heavy atom. The smallest absolute Gasteiger partial charge is 0.150 e. The number of hydrogen-bond donors (Lipinski definition) is 1. The summed E-state index contributed by atoms with van der Waals surface area (Å²) < 4.78 is 5.57. The predicted molar refractivity (Wildman–Crippen MR) is 67.1 cm³/mol. The van der Waals surface area contributed by atoms with Crippen molar-refractivity contribution in [2.75, 3.05) is 5.73 Å². The van der Waals surface area contributed by atoms with Crippen molar-refractivity contribution in [1.82, 2.24) is 0 Å². The highest BCUT2D eigenvalue weighted by Crippen LogP contribution is 2.32. The average molecular weight is 245 g/mol. The minimum Gasteiger partial charge on any atom is -0.454 e. The maximum absolute atomic E-state index is 8.72. The number of ether oxygens (including phenoxy) is 1. The van der Waals surface area contributed by atoms with Gasteiger partial charge in [-0.25, -0.2) is 0 Å². The molecule has 0 aromatic heterocycles. The van der Waals surface area contributed by atoms with Gasteiger partial charge in [-0.15, -0.1) is 0 Å². The first-order chi connectivity index (χ1) is 8.20. The Labute approximate surface area is 104 Å². The molecule has 2 aromatic carbocycles. The Bertz CT molecular complexity index is 590. The SMILES string of the molecule is N#Cc1ccc(Oc2ccccc2Cl)c(N)c1. The average Bonchev–Trinajstić information content (AvgIpc) is 2.34. The van der Waals surface area contributed by atoms with Gasteiger partial charge in [-0.05, 0) is 30.3 Å². The molecule has 0 atom stereocenters. The summed E-state index contributed by atoms with van der Waals surface area (Å²) in [7, 11) is 0. The summed E-state index contributed by atoms with van der Waals surface area (Å²) in [6, 6.07) is 14.0. The number of para-hydroxylation sites is 1. The van der Waals surface area contributed by atoms with Crippen LogP contribution in [0.15, 0.2) is 42.5 Å². The number of hydrogen-bond acceptors (Lipinski definition) is 3. The Balaban J connectivity index is 2.32. The summed E-state index contributed by atoms with van der Waals surface area (Å²) in [5, 5.41) is 9.23. The lowest BCUT2D eigenvalue weighted by Gasteiger charge is -2.09. The molecule has 0 aliphatic heterocycles. The Kier molecular flexibility index (Phi) is 3.17. The van der Waals surface area contributed by atoms with E-state index >= 15 is 0 Å². The highest BCUT2D eigenvalue weighted by Gasteiger charge is 2.05. The van der Waals surface area contributed by atoms with Gasteiger partial charge >= 0.3 is 0 Å². The van der Waals surface area contributed by atoms with Gasteiger partial charge in [0.05, 0.1) is 22.3 Å². The van der Waals surface area contributed by atoms with Gasteiger partial charge < -0.3 is 10.5 Å². The minimum absolute atomic E-state index is 0.406. The van der Waals surface area contributed by atoms with E-state index in [0.29, 0.717) is 27.8 Å². The molecule has 17 heavy (non-hydrogen) atoms. The number of nitrogen functional groups attached to an aromatic ring is 1. The molecule has 0 unspecified atom stereocenters. The quantitative estimate of drug-likeness (QED) is 0.822. The van der Waals surface area contributed by atoms with Crippen LogP contribution in [-0.2, 0) is 0 Å². The van der Waals surface area contributed by atoms with Gasteiger partial charge in [-0.2, -0.15) is 5.26 Å². The maximum atomic E-state index is 8.72. The third kappa shape index (κ3) is 2.49. The Morgan fingerprint density at radius 2 is 1.88 bits per heavy atom. The first-order valence-electron chi connectivity index (χ1n) is 4.92. The third-order valence-electron chi connectivity index (χ3n) is 2.20. The van der Waals surface area contributed by atoms with Crippen LogP contribution in [0.25, 0.3) is 0 Å². The van der Waals surface area contributed by atoms with E-state index in [2.05, 4.69) is 0 Å². The maximum Gasteiger partial charge on any atom is 0.150 e. The second-order valence-electron chi connectivity index (χ2n) is 3.40. The standard InChI is InChI=1S/C13H9ClN2O/c14-10-3-1-2-4-12(10)17-13-6-5-9(8-15)7-11(13)16/h1-7H,16H2. The zero-order chi connectivity index (χ0) is 12.3. The highest BCUT2D eigenvalue weighted by atomic mass is 35.5. The monoisotopic (exact) mass is 244 g/mol. The molecule has 0 saturated carbocycles. The molecule has 84 valence electrons. The van der Waals surface area contributed by atoms with Crippen LogP contribution in [0.2, 0.25) is 5.02 Å². The molecular weight excluding hydrogens is 236 g/mol. The predicted octanol–water partition coefficient (Wildman–Crippen LogP) is 3.59. The van der Waals surface area contributed by atoms with Gasteiger partial charge in [0.1, 0.15) is 11.5 Å². The summed E-state index contributed by atoms with van der Waals surface area (Å²) >= 11 is 5.97. The lowest BCUT2D eigenvalue weighted by molar-refractivity contribution is 0.485. The second-order valence-corrected chi connectivity index (χ2v) is 3.80. The summed E-state index contributed by atoms with van der Waals surface area (Å²) in [4.78, 5) is 0. The van der Waals surface area contributed by atoms with Gasteiger partial charge in [0.25, 0.3) is 0 Å². The van der Waals surface area contributed by atoms with E-state index < -0.39 is 0 Å². The zero-order valence-electron chi connectivity index (χ0n) is 8.85. The van der Waals surface area contributed by atoms with Crippen molar-refractivity contribution in [2.24, 2.45) is 0 Å². The number of nitriles is 1. The number of anilines is 1. The topological polar surface area (TPSA) is 59.0 Å². The molecule has 0 heterocycles. The van der Waals surface area contributed by atoms with Crippen molar-refractivity contribution in [3.63, 3.8) is 0 Å². The number of rotatable bonds is 2. The van der Waals surface area contributed by atoms with Crippen LogP contribution in [0.1, 0.15) is 5.56 Å². The van der Waals surface area contributed by atoms with E-state index in [9.17, 15) is 0 Å². The molecule has 0 aliphatic carbocycles. The van der Waals surface area contributed by atoms with Crippen molar-refractivity contribution in [3.05, 3.63) is 53.1 Å². The number of benzene rings is 2. The number of nitrogens with two attached hydrogens (primary N) is 1. The van der Waals surface area contributed by atoms with E-state index in [0.717, 1.165) is 0 Å². The molecule has 2 N–H and O–H groups in total. The van der Waals surface area contributed by atoms with Crippen LogP contribution in [-0.4, -0.2) is 0 Å². The normalized spacial score (nSPS) is 9.65. The van der Waals surface area contributed by atoms with Crippen LogP contribution in [0.4, 0.5) is 5.69 Å². The van der Waals surface area contributed by atoms with Crippen LogP contribution >= 0.6 is 11.6 Å². The fraction of sp³-hybridized carbons (Fsp3) is 0. The summed E-state index contributed by atoms with van der Waals surface area (Å²) in [5.74, 6) is 1.02. The number of nitrogens with zero attached hydrogens (tertiary/aromatic N) is 1. The molecule has 0 bridgehead atoms. The molecule has 4 heteroatoms. The summed E-state index contributed by atoms with van der Waals surface area (Å²) in [5.41, 5.74) is 6.68. The Morgan fingerprint density at radius 1 is 1.12 bits per heavy atom. The van der Waals surface area contributed by atoms with Crippen LogP contribution < -0.4 is 10.5 Å². The lowest BCUT2D eigenvalue weighted by atomic mass is 10.2. The molecule has 0 amide bonds. The summed E-state index contributed by atoms with van der Waals surface area (Å²) in [6.45, 7) is 0. The van der Waals surface area contributed by atoms with E-state index in [1.807, 2.05) is 18.2 Å². The third-order valence-corrected chi connectivity index (χ3v) is 2.51. The van der Waals surface area contributed by atoms with Crippen molar-refractivity contribution in [1.29, 1.82) is 5.26 Å². The van der Waals surface area contributed by atoms with Crippen molar-refractivity contribution in [2.45, 2.75) is 0 Å². The first kappa shape index (κ1) is 11.3. The fourth-order valence-electron chi connectivity index (χ4n) is 1.36. The van der Waals surface area contributed by atoms with E-state index in [-0.39, 0.29) is 0 Å². The van der Waals surface area contributed by atoms with Crippen molar-refractivity contribution in [3.8, 4) is 17.6 Å². The van der Waals surface area contributed by atoms with Gasteiger partial charge in [0.2, 0.25) is 0 Å². The van der Waals surface area contributed by atoms with E-state index in [4.69, 9.17) is 27.3 Å². The first-order valence-corrected chi connectivity index (χ1v) is 5.30. The highest BCUT2D eigenvalue weighted by molar-refractivity contribution is 6.32. The molecule has 3 nitrogen and oxygen atoms in total. The molecule has 0 saturated heterocycles. The fourth-order valence-corrected chi connectivity index (χ4v) is 1.53. The molecule has 2 rings (SSSR count). The molecule has 0 fully saturated rings. The van der Waals surface area contributed by atoms with Crippen LogP contribution in [0.5, 0.6) is 11.5 Å².